The summed E-state index contributed by atoms with van der Waals surface area (Å²) in [5.74, 6) is 0.739. The van der Waals surface area contributed by atoms with Crippen molar-refractivity contribution < 1.29 is 4.79 Å². The van der Waals surface area contributed by atoms with E-state index in [1.807, 2.05) is 37.8 Å². The van der Waals surface area contributed by atoms with Gasteiger partial charge in [0.2, 0.25) is 0 Å². The molecule has 0 N–H and O–H groups in total. The molecule has 0 aliphatic carbocycles. The smallest absolute Gasteiger partial charge is 0.254 e. The number of hydrogen-bond acceptors (Lipinski definition) is 4. The maximum atomic E-state index is 13.6. The van der Waals surface area contributed by atoms with E-state index in [0.717, 1.165) is 48.9 Å². The van der Waals surface area contributed by atoms with E-state index in [4.69, 9.17) is 0 Å². The Balaban J connectivity index is 1.20. The molecule has 1 aromatic carbocycles. The lowest BCUT2D eigenvalue weighted by Crippen LogP contribution is -2.46. The highest BCUT2D eigenvalue weighted by molar-refractivity contribution is 5.95. The van der Waals surface area contributed by atoms with Crippen molar-refractivity contribution >= 4 is 16.7 Å². The van der Waals surface area contributed by atoms with Crippen LogP contribution >= 0.6 is 0 Å². The van der Waals surface area contributed by atoms with E-state index >= 15 is 0 Å². The maximum absolute atomic E-state index is 13.6. The Morgan fingerprint density at radius 1 is 1.06 bits per heavy atom. The average Bonchev–Trinajstić information content (AvgIpc) is 3.39. The van der Waals surface area contributed by atoms with E-state index in [1.165, 1.54) is 16.3 Å². The number of carbonyl (C=O) groups is 1. The zero-order valence-electron chi connectivity index (χ0n) is 18.8. The average molecular weight is 438 g/mol. The van der Waals surface area contributed by atoms with Gasteiger partial charge in [-0.1, -0.05) is 18.2 Å². The van der Waals surface area contributed by atoms with Gasteiger partial charge in [-0.15, -0.1) is 0 Å². The van der Waals surface area contributed by atoms with Crippen LogP contribution in [0.2, 0.25) is 0 Å². The number of fused-ring (bicyclic) bond motifs is 3. The molecule has 4 aromatic rings. The van der Waals surface area contributed by atoms with Crippen molar-refractivity contribution in [2.24, 2.45) is 13.0 Å². The first-order valence-corrected chi connectivity index (χ1v) is 11.7. The van der Waals surface area contributed by atoms with Gasteiger partial charge >= 0.3 is 0 Å². The first-order valence-electron chi connectivity index (χ1n) is 11.7. The summed E-state index contributed by atoms with van der Waals surface area (Å²) in [7, 11) is 1.88. The highest BCUT2D eigenvalue weighted by Gasteiger charge is 2.43. The fourth-order valence-corrected chi connectivity index (χ4v) is 5.88. The van der Waals surface area contributed by atoms with Crippen LogP contribution in [-0.4, -0.2) is 42.6 Å². The molecule has 6 rings (SSSR count). The number of nitrogens with zero attached hydrogens (tertiary/aromatic N) is 5. The van der Waals surface area contributed by atoms with Gasteiger partial charge in [0.25, 0.3) is 5.91 Å². The number of rotatable bonds is 4. The van der Waals surface area contributed by atoms with Crippen molar-refractivity contribution in [3.63, 3.8) is 0 Å². The van der Waals surface area contributed by atoms with Crippen LogP contribution in [0.25, 0.3) is 22.0 Å². The molecule has 0 unspecified atom stereocenters. The minimum atomic E-state index is 0.142. The number of amides is 1. The Bertz CT molecular complexity index is 1310. The second-order valence-electron chi connectivity index (χ2n) is 9.49. The number of pyridine rings is 2. The minimum absolute atomic E-state index is 0.142. The molecule has 2 bridgehead atoms. The molecular weight excluding hydrogens is 410 g/mol. The Morgan fingerprint density at radius 3 is 2.70 bits per heavy atom. The van der Waals surface area contributed by atoms with Crippen molar-refractivity contribution in [3.8, 4) is 11.3 Å². The zero-order valence-corrected chi connectivity index (χ0v) is 18.8. The molecule has 2 aliphatic rings. The molecule has 166 valence electrons. The Morgan fingerprint density at radius 2 is 1.91 bits per heavy atom. The number of benzene rings is 1. The number of aryl methyl sites for hydroxylation is 1. The quantitative estimate of drug-likeness (QED) is 0.466. The van der Waals surface area contributed by atoms with Crippen LogP contribution in [0.5, 0.6) is 0 Å². The number of piperidine rings is 1. The van der Waals surface area contributed by atoms with Gasteiger partial charge in [0.1, 0.15) is 0 Å². The molecule has 0 saturated carbocycles. The predicted octanol–water partition coefficient (Wildman–Crippen LogP) is 4.66. The fraction of sp³-hybridized carbons (Fsp3) is 0.333. The Kier molecular flexibility index (Phi) is 4.93. The molecule has 2 fully saturated rings. The third-order valence-corrected chi connectivity index (χ3v) is 7.36. The van der Waals surface area contributed by atoms with E-state index in [2.05, 4.69) is 44.2 Å². The number of aromatic nitrogens is 4. The van der Waals surface area contributed by atoms with Gasteiger partial charge in [0, 0.05) is 60.4 Å². The van der Waals surface area contributed by atoms with Gasteiger partial charge in [-0.05, 0) is 67.2 Å². The normalized spacial score (nSPS) is 22.1. The fourth-order valence-electron chi connectivity index (χ4n) is 5.88. The third kappa shape index (κ3) is 3.69. The van der Waals surface area contributed by atoms with Crippen molar-refractivity contribution in [2.45, 2.75) is 44.2 Å². The summed E-state index contributed by atoms with van der Waals surface area (Å²) in [6.45, 7) is 0. The van der Waals surface area contributed by atoms with E-state index in [-0.39, 0.29) is 5.91 Å². The molecular formula is C27H27N5O. The first-order chi connectivity index (χ1) is 16.2. The molecule has 1 amide bonds. The van der Waals surface area contributed by atoms with E-state index < -0.39 is 0 Å². The van der Waals surface area contributed by atoms with E-state index in [1.54, 1.807) is 17.1 Å². The summed E-state index contributed by atoms with van der Waals surface area (Å²) in [6.07, 6.45) is 14.7. The van der Waals surface area contributed by atoms with Crippen molar-refractivity contribution in [3.05, 3.63) is 78.5 Å². The number of hydrogen-bond donors (Lipinski definition) is 0. The minimum Gasteiger partial charge on any atom is -0.333 e. The molecule has 6 nitrogen and oxygen atoms in total. The molecule has 2 saturated heterocycles. The second-order valence-corrected chi connectivity index (χ2v) is 9.49. The largest absolute Gasteiger partial charge is 0.333 e. The van der Waals surface area contributed by atoms with Crippen LogP contribution in [-0.2, 0) is 13.5 Å². The van der Waals surface area contributed by atoms with Gasteiger partial charge in [-0.2, -0.15) is 5.10 Å². The van der Waals surface area contributed by atoms with Crippen molar-refractivity contribution in [2.75, 3.05) is 0 Å². The van der Waals surface area contributed by atoms with E-state index in [0.29, 0.717) is 18.0 Å². The Hall–Kier alpha value is -3.54. The molecule has 2 atom stereocenters. The zero-order chi connectivity index (χ0) is 22.4. The highest BCUT2D eigenvalue weighted by atomic mass is 16.2. The van der Waals surface area contributed by atoms with Crippen molar-refractivity contribution in [1.82, 2.24) is 24.6 Å². The van der Waals surface area contributed by atoms with Crippen LogP contribution in [0.4, 0.5) is 0 Å². The summed E-state index contributed by atoms with van der Waals surface area (Å²) in [6, 6.07) is 13.0. The predicted molar refractivity (Wildman–Crippen MR) is 128 cm³/mol. The van der Waals surface area contributed by atoms with Gasteiger partial charge < -0.3 is 4.90 Å². The molecule has 6 heteroatoms. The second kappa shape index (κ2) is 8.10. The third-order valence-electron chi connectivity index (χ3n) is 7.36. The van der Waals surface area contributed by atoms with Crippen LogP contribution in [0.15, 0.2) is 67.4 Å². The molecule has 0 spiro atoms. The van der Waals surface area contributed by atoms with Crippen LogP contribution in [0, 0.1) is 5.92 Å². The van der Waals surface area contributed by atoms with Crippen LogP contribution in [0.1, 0.15) is 41.6 Å². The van der Waals surface area contributed by atoms with Crippen LogP contribution in [0.3, 0.4) is 0 Å². The van der Waals surface area contributed by atoms with Gasteiger partial charge in [0.15, 0.2) is 0 Å². The molecule has 3 aromatic heterocycles. The lowest BCUT2D eigenvalue weighted by molar-refractivity contribution is 0.0524. The lowest BCUT2D eigenvalue weighted by Gasteiger charge is -2.39. The van der Waals surface area contributed by atoms with Crippen LogP contribution < -0.4 is 0 Å². The molecule has 2 aliphatic heterocycles. The van der Waals surface area contributed by atoms with E-state index in [9.17, 15) is 4.79 Å². The van der Waals surface area contributed by atoms with Gasteiger partial charge in [0.05, 0.1) is 11.9 Å². The summed E-state index contributed by atoms with van der Waals surface area (Å²) in [5, 5.41) is 6.74. The van der Waals surface area contributed by atoms with Crippen molar-refractivity contribution in [1.29, 1.82) is 0 Å². The summed E-state index contributed by atoms with van der Waals surface area (Å²) >= 11 is 0. The standard InChI is InChI=1S/C27H27N5O/c1-31-17-22(15-30-31)26-14-21(8-10-29-26)27(33)32-23-5-6-24(32)13-18(12-23)11-20-4-2-3-19-7-9-28-16-25(19)20/h2-4,7-10,14-18,23-24H,5-6,11-13H2,1H3/t23-,24-/m0/s1. The number of carbonyl (C=O) groups excluding carboxylic acids is 1. The Labute approximate surface area is 193 Å². The topological polar surface area (TPSA) is 63.9 Å². The molecule has 5 heterocycles. The maximum Gasteiger partial charge on any atom is 0.254 e. The highest BCUT2D eigenvalue weighted by Crippen LogP contribution is 2.41. The summed E-state index contributed by atoms with van der Waals surface area (Å²) in [4.78, 5) is 24.5. The van der Waals surface area contributed by atoms with Gasteiger partial charge in [-0.25, -0.2) is 0 Å². The monoisotopic (exact) mass is 437 g/mol. The SMILES string of the molecule is Cn1cc(-c2cc(C(=O)N3[C@H]4CC[C@H]3CC(Cc3cccc5ccncc35)C4)ccn2)cn1. The van der Waals surface area contributed by atoms with Gasteiger partial charge in [-0.3, -0.25) is 19.4 Å². The molecule has 0 radical (unpaired) electrons. The summed E-state index contributed by atoms with van der Waals surface area (Å²) < 4.78 is 1.75. The summed E-state index contributed by atoms with van der Waals surface area (Å²) in [5.41, 5.74) is 3.82. The lowest BCUT2D eigenvalue weighted by atomic mass is 9.84. The molecule has 33 heavy (non-hydrogen) atoms. The first kappa shape index (κ1) is 20.1.